The lowest BCUT2D eigenvalue weighted by Gasteiger charge is -2.12. The Labute approximate surface area is 110 Å². The highest BCUT2D eigenvalue weighted by atomic mass is 32.1. The zero-order chi connectivity index (χ0) is 13.3. The van der Waals surface area contributed by atoms with Gasteiger partial charge in [-0.2, -0.15) is 13.2 Å². The molecule has 96 valence electrons. The van der Waals surface area contributed by atoms with Crippen LogP contribution < -0.4 is 5.32 Å². The van der Waals surface area contributed by atoms with Crippen LogP contribution in [0.15, 0.2) is 18.2 Å². The molecule has 0 aliphatic rings. The van der Waals surface area contributed by atoms with E-state index >= 15 is 0 Å². The summed E-state index contributed by atoms with van der Waals surface area (Å²) in [6.45, 7) is 1.42. The molecule has 2 rings (SSSR count). The van der Waals surface area contributed by atoms with Crippen molar-refractivity contribution in [3.05, 3.63) is 33.3 Å². The van der Waals surface area contributed by atoms with Gasteiger partial charge in [0, 0.05) is 5.69 Å². The summed E-state index contributed by atoms with van der Waals surface area (Å²) in [6.07, 6.45) is -4.36. The van der Waals surface area contributed by atoms with Crippen LogP contribution in [-0.2, 0) is 6.18 Å². The van der Waals surface area contributed by atoms with Gasteiger partial charge in [-0.05, 0) is 36.8 Å². The number of nitrogens with one attached hydrogen (secondary N) is 2. The van der Waals surface area contributed by atoms with Gasteiger partial charge in [-0.25, -0.2) is 0 Å². The molecule has 0 aliphatic carbocycles. The number of hydrogen-bond donors (Lipinski definition) is 2. The predicted molar refractivity (Wildman–Crippen MR) is 66.8 cm³/mol. The van der Waals surface area contributed by atoms with E-state index in [0.717, 1.165) is 17.4 Å². The van der Waals surface area contributed by atoms with Crippen LogP contribution in [0.4, 0.5) is 24.0 Å². The highest BCUT2D eigenvalue weighted by Gasteiger charge is 2.32. The number of alkyl halides is 3. The number of benzene rings is 1. The highest BCUT2D eigenvalue weighted by molar-refractivity contribution is 7.73. The van der Waals surface area contributed by atoms with Crippen LogP contribution in [0.5, 0.6) is 0 Å². The maximum absolute atomic E-state index is 12.7. The van der Waals surface area contributed by atoms with E-state index < -0.39 is 11.7 Å². The van der Waals surface area contributed by atoms with Gasteiger partial charge in [-0.15, -0.1) is 5.10 Å². The van der Waals surface area contributed by atoms with E-state index in [1.54, 1.807) is 6.07 Å². The van der Waals surface area contributed by atoms with Gasteiger partial charge in [0.15, 0.2) is 3.95 Å². The van der Waals surface area contributed by atoms with Crippen molar-refractivity contribution in [2.24, 2.45) is 0 Å². The minimum absolute atomic E-state index is 0.183. The van der Waals surface area contributed by atoms with Crippen LogP contribution in [-0.4, -0.2) is 10.2 Å². The third-order valence-electron chi connectivity index (χ3n) is 2.23. The third-order valence-corrected chi connectivity index (χ3v) is 3.24. The fraction of sp³-hybridized carbons (Fsp3) is 0.200. The van der Waals surface area contributed by atoms with Crippen molar-refractivity contribution in [1.82, 2.24) is 10.2 Å². The van der Waals surface area contributed by atoms with Gasteiger partial charge in [0.25, 0.3) is 0 Å². The summed E-state index contributed by atoms with van der Waals surface area (Å²) in [5, 5.41) is 9.57. The summed E-state index contributed by atoms with van der Waals surface area (Å²) in [6, 6.07) is 4.03. The number of aromatic amines is 1. The molecular formula is C10H8F3N3S2. The summed E-state index contributed by atoms with van der Waals surface area (Å²) >= 11 is 5.99. The lowest BCUT2D eigenvalue weighted by Crippen LogP contribution is -2.08. The molecule has 1 heterocycles. The van der Waals surface area contributed by atoms with Crippen LogP contribution in [0.3, 0.4) is 0 Å². The van der Waals surface area contributed by atoms with Gasteiger partial charge in [0.2, 0.25) is 5.13 Å². The minimum atomic E-state index is -4.36. The zero-order valence-electron chi connectivity index (χ0n) is 9.13. The van der Waals surface area contributed by atoms with Crippen molar-refractivity contribution in [3.8, 4) is 0 Å². The van der Waals surface area contributed by atoms with Crippen molar-refractivity contribution >= 4 is 34.4 Å². The van der Waals surface area contributed by atoms with Gasteiger partial charge >= 0.3 is 6.18 Å². The Morgan fingerprint density at radius 2 is 2.11 bits per heavy atom. The molecule has 1 aromatic carbocycles. The molecule has 0 unspecified atom stereocenters. The predicted octanol–water partition coefficient (Wildman–Crippen LogP) is 4.27. The summed E-state index contributed by atoms with van der Waals surface area (Å²) in [4.78, 5) is 0. The molecule has 18 heavy (non-hydrogen) atoms. The summed E-state index contributed by atoms with van der Waals surface area (Å²) in [5.74, 6) is 0. The van der Waals surface area contributed by atoms with Crippen LogP contribution in [0.2, 0.25) is 0 Å². The Bertz CT molecular complexity index is 615. The number of rotatable bonds is 2. The van der Waals surface area contributed by atoms with Crippen molar-refractivity contribution in [2.75, 3.05) is 5.32 Å². The zero-order valence-corrected chi connectivity index (χ0v) is 10.8. The Morgan fingerprint density at radius 3 is 2.67 bits per heavy atom. The standard InChI is InChI=1S/C10H8F3N3S2/c1-5-2-3-6(4-7(5)10(11,12)13)14-8-15-16-9(17)18-8/h2-4H,1H3,(H,14,15)(H,16,17). The SMILES string of the molecule is Cc1ccc(Nc2n[nH]c(=S)s2)cc1C(F)(F)F. The first-order valence-corrected chi connectivity index (χ1v) is 6.09. The first-order valence-electron chi connectivity index (χ1n) is 4.86. The van der Waals surface area contributed by atoms with E-state index in [-0.39, 0.29) is 5.56 Å². The quantitative estimate of drug-likeness (QED) is 0.812. The molecule has 2 N–H and O–H groups in total. The molecule has 8 heteroatoms. The van der Waals surface area contributed by atoms with E-state index in [2.05, 4.69) is 15.5 Å². The number of halogens is 3. The molecule has 2 aromatic rings. The van der Waals surface area contributed by atoms with Crippen LogP contribution in [0.25, 0.3) is 0 Å². The summed E-state index contributed by atoms with van der Waals surface area (Å²) < 4.78 is 38.6. The van der Waals surface area contributed by atoms with Gasteiger partial charge in [-0.1, -0.05) is 17.4 Å². The fourth-order valence-corrected chi connectivity index (χ4v) is 2.22. The van der Waals surface area contributed by atoms with Crippen molar-refractivity contribution in [3.63, 3.8) is 0 Å². The summed E-state index contributed by atoms with van der Waals surface area (Å²) in [7, 11) is 0. The normalized spacial score (nSPS) is 11.6. The molecular weight excluding hydrogens is 283 g/mol. The Balaban J connectivity index is 2.33. The maximum Gasteiger partial charge on any atom is 0.416 e. The molecule has 0 bridgehead atoms. The van der Waals surface area contributed by atoms with Gasteiger partial charge in [0.05, 0.1) is 5.56 Å². The lowest BCUT2D eigenvalue weighted by molar-refractivity contribution is -0.138. The first-order chi connectivity index (χ1) is 8.36. The number of aromatic nitrogens is 2. The fourth-order valence-electron chi connectivity index (χ4n) is 1.41. The molecule has 0 saturated carbocycles. The lowest BCUT2D eigenvalue weighted by atomic mass is 10.1. The van der Waals surface area contributed by atoms with Gasteiger partial charge in [-0.3, -0.25) is 5.10 Å². The van der Waals surface area contributed by atoms with Gasteiger partial charge in [0.1, 0.15) is 0 Å². The van der Waals surface area contributed by atoms with Gasteiger partial charge < -0.3 is 5.32 Å². The second-order valence-corrected chi connectivity index (χ2v) is 5.24. The minimum Gasteiger partial charge on any atom is -0.330 e. The number of aryl methyl sites for hydroxylation is 1. The molecule has 0 fully saturated rings. The van der Waals surface area contributed by atoms with E-state index in [0.29, 0.717) is 14.8 Å². The molecule has 0 saturated heterocycles. The first kappa shape index (κ1) is 13.0. The van der Waals surface area contributed by atoms with Crippen LogP contribution in [0.1, 0.15) is 11.1 Å². The Morgan fingerprint density at radius 1 is 1.39 bits per heavy atom. The Kier molecular flexibility index (Phi) is 3.40. The van der Waals surface area contributed by atoms with Crippen molar-refractivity contribution in [1.29, 1.82) is 0 Å². The smallest absolute Gasteiger partial charge is 0.330 e. The third kappa shape index (κ3) is 2.88. The van der Waals surface area contributed by atoms with E-state index in [1.807, 2.05) is 0 Å². The number of anilines is 2. The molecule has 3 nitrogen and oxygen atoms in total. The highest BCUT2D eigenvalue weighted by Crippen LogP contribution is 2.34. The van der Waals surface area contributed by atoms with Crippen molar-refractivity contribution in [2.45, 2.75) is 13.1 Å². The average Bonchev–Trinajstić information content (AvgIpc) is 2.65. The van der Waals surface area contributed by atoms with E-state index in [1.165, 1.54) is 13.0 Å². The summed E-state index contributed by atoms with van der Waals surface area (Å²) in [5.41, 5.74) is -0.153. The number of nitrogens with zero attached hydrogens (tertiary/aromatic N) is 1. The van der Waals surface area contributed by atoms with Crippen LogP contribution in [0, 0.1) is 10.9 Å². The maximum atomic E-state index is 12.7. The van der Waals surface area contributed by atoms with Crippen LogP contribution >= 0.6 is 23.6 Å². The van der Waals surface area contributed by atoms with E-state index in [4.69, 9.17) is 12.2 Å². The van der Waals surface area contributed by atoms with Crippen molar-refractivity contribution < 1.29 is 13.2 Å². The second kappa shape index (κ2) is 4.69. The molecule has 0 radical (unpaired) electrons. The monoisotopic (exact) mass is 291 g/mol. The molecule has 0 amide bonds. The number of H-pyrrole nitrogens is 1. The average molecular weight is 291 g/mol. The Hall–Kier alpha value is -1.41. The molecule has 0 atom stereocenters. The second-order valence-electron chi connectivity index (χ2n) is 3.57. The number of hydrogen-bond acceptors (Lipinski definition) is 4. The molecule has 0 spiro atoms. The molecule has 1 aromatic heterocycles. The topological polar surface area (TPSA) is 40.7 Å². The van der Waals surface area contributed by atoms with E-state index in [9.17, 15) is 13.2 Å². The molecule has 0 aliphatic heterocycles. The largest absolute Gasteiger partial charge is 0.416 e.